The number of hydrogen-bond acceptors (Lipinski definition) is 3. The van der Waals surface area contributed by atoms with Crippen LogP contribution in [0.25, 0.3) is 0 Å². The minimum atomic E-state index is -0.486. The first-order valence-electron chi connectivity index (χ1n) is 7.08. The number of halogens is 1. The standard InChI is InChI=1S/C18H15FN2O2S/c19-15-7-9-16(10-8-15)24-12-17(22)21-11-1-2-13-3-5-14(6-4-13)18(20)23/h3-10H,11-12H2,(H2,20,23)(H,21,22). The minimum absolute atomic E-state index is 0.150. The molecule has 0 unspecified atom stereocenters. The van der Waals surface area contributed by atoms with Crippen LogP contribution in [0.15, 0.2) is 53.4 Å². The molecule has 122 valence electrons. The summed E-state index contributed by atoms with van der Waals surface area (Å²) in [5.74, 6) is 5.01. The van der Waals surface area contributed by atoms with Gasteiger partial charge in [0.05, 0.1) is 12.3 Å². The number of carbonyl (C=O) groups excluding carboxylic acids is 2. The zero-order valence-corrected chi connectivity index (χ0v) is 13.5. The van der Waals surface area contributed by atoms with Gasteiger partial charge in [-0.25, -0.2) is 4.39 Å². The van der Waals surface area contributed by atoms with E-state index in [9.17, 15) is 14.0 Å². The van der Waals surface area contributed by atoms with E-state index in [4.69, 9.17) is 5.73 Å². The number of amides is 2. The summed E-state index contributed by atoms with van der Waals surface area (Å²) in [7, 11) is 0. The van der Waals surface area contributed by atoms with Crippen LogP contribution >= 0.6 is 11.8 Å². The van der Waals surface area contributed by atoms with Gasteiger partial charge in [0.15, 0.2) is 0 Å². The Morgan fingerprint density at radius 2 is 1.75 bits per heavy atom. The van der Waals surface area contributed by atoms with E-state index in [-0.39, 0.29) is 24.0 Å². The van der Waals surface area contributed by atoms with Crippen LogP contribution in [0.5, 0.6) is 0 Å². The Balaban J connectivity index is 1.74. The van der Waals surface area contributed by atoms with Crippen molar-refractivity contribution in [2.45, 2.75) is 4.90 Å². The normalized spacial score (nSPS) is 9.71. The van der Waals surface area contributed by atoms with Crippen molar-refractivity contribution in [3.63, 3.8) is 0 Å². The molecule has 0 aliphatic carbocycles. The SMILES string of the molecule is NC(=O)c1ccc(C#CCNC(=O)CSc2ccc(F)cc2)cc1. The maximum absolute atomic E-state index is 12.8. The highest BCUT2D eigenvalue weighted by Crippen LogP contribution is 2.17. The molecule has 0 aliphatic rings. The molecule has 0 aromatic heterocycles. The maximum Gasteiger partial charge on any atom is 0.248 e. The van der Waals surface area contributed by atoms with Gasteiger partial charge in [0.2, 0.25) is 11.8 Å². The molecule has 0 fully saturated rings. The molecule has 0 aliphatic heterocycles. The molecule has 4 nitrogen and oxygen atoms in total. The summed E-state index contributed by atoms with van der Waals surface area (Å²) in [6.07, 6.45) is 0. The van der Waals surface area contributed by atoms with Crippen LogP contribution in [0.2, 0.25) is 0 Å². The third-order valence-corrected chi connectivity index (χ3v) is 3.97. The van der Waals surface area contributed by atoms with Crippen molar-refractivity contribution in [2.24, 2.45) is 5.73 Å². The van der Waals surface area contributed by atoms with Gasteiger partial charge in [-0.3, -0.25) is 9.59 Å². The highest BCUT2D eigenvalue weighted by Gasteiger charge is 2.02. The fourth-order valence-electron chi connectivity index (χ4n) is 1.74. The Labute approximate surface area is 143 Å². The average molecular weight is 342 g/mol. The zero-order chi connectivity index (χ0) is 17.4. The van der Waals surface area contributed by atoms with Gasteiger partial charge in [0, 0.05) is 16.0 Å². The minimum Gasteiger partial charge on any atom is -0.366 e. The second-order valence-corrected chi connectivity index (χ2v) is 5.81. The molecule has 0 atom stereocenters. The molecule has 3 N–H and O–H groups in total. The van der Waals surface area contributed by atoms with Crippen molar-refractivity contribution in [3.8, 4) is 11.8 Å². The summed E-state index contributed by atoms with van der Waals surface area (Å²) in [5.41, 5.74) is 6.31. The Morgan fingerprint density at radius 1 is 1.08 bits per heavy atom. The lowest BCUT2D eigenvalue weighted by Crippen LogP contribution is -2.25. The van der Waals surface area contributed by atoms with Crippen LogP contribution in [-0.4, -0.2) is 24.1 Å². The lowest BCUT2D eigenvalue weighted by atomic mass is 10.1. The molecule has 2 aromatic carbocycles. The molecule has 0 spiro atoms. The predicted molar refractivity (Wildman–Crippen MR) is 92.0 cm³/mol. The van der Waals surface area contributed by atoms with Gasteiger partial charge in [-0.2, -0.15) is 0 Å². The van der Waals surface area contributed by atoms with Crippen LogP contribution in [0.4, 0.5) is 4.39 Å². The largest absolute Gasteiger partial charge is 0.366 e. The Kier molecular flexibility index (Phi) is 6.41. The lowest BCUT2D eigenvalue weighted by molar-refractivity contribution is -0.118. The van der Waals surface area contributed by atoms with Crippen molar-refractivity contribution in [1.82, 2.24) is 5.32 Å². The molecule has 2 amide bonds. The molecule has 0 radical (unpaired) electrons. The van der Waals surface area contributed by atoms with E-state index in [1.165, 1.54) is 23.9 Å². The summed E-state index contributed by atoms with van der Waals surface area (Å²) in [6, 6.07) is 12.6. The number of hydrogen-bond donors (Lipinski definition) is 2. The molecule has 2 rings (SSSR count). The number of benzene rings is 2. The second-order valence-electron chi connectivity index (χ2n) is 4.76. The lowest BCUT2D eigenvalue weighted by Gasteiger charge is -2.02. The monoisotopic (exact) mass is 342 g/mol. The number of carbonyl (C=O) groups is 2. The van der Waals surface area contributed by atoms with E-state index >= 15 is 0 Å². The quantitative estimate of drug-likeness (QED) is 0.646. The molecule has 0 saturated heterocycles. The molecule has 6 heteroatoms. The summed E-state index contributed by atoms with van der Waals surface area (Å²) >= 11 is 1.33. The van der Waals surface area contributed by atoms with Crippen LogP contribution < -0.4 is 11.1 Å². The Bertz CT molecular complexity index is 777. The third-order valence-electron chi connectivity index (χ3n) is 2.96. The Hall–Kier alpha value is -2.78. The fraction of sp³-hybridized carbons (Fsp3) is 0.111. The van der Waals surface area contributed by atoms with Gasteiger partial charge < -0.3 is 11.1 Å². The summed E-state index contributed by atoms with van der Waals surface area (Å²) < 4.78 is 12.8. The first-order chi connectivity index (χ1) is 11.5. The maximum atomic E-state index is 12.8. The summed E-state index contributed by atoms with van der Waals surface area (Å²) in [5, 5.41) is 2.68. The first kappa shape index (κ1) is 17.6. The fourth-order valence-corrected chi connectivity index (χ4v) is 2.47. The van der Waals surface area contributed by atoms with Gasteiger partial charge in [-0.1, -0.05) is 11.8 Å². The van der Waals surface area contributed by atoms with E-state index < -0.39 is 5.91 Å². The average Bonchev–Trinajstić information content (AvgIpc) is 2.58. The molecular weight excluding hydrogens is 327 g/mol. The van der Waals surface area contributed by atoms with E-state index in [2.05, 4.69) is 17.2 Å². The predicted octanol–water partition coefficient (Wildman–Crippen LogP) is 2.18. The number of primary amides is 1. The smallest absolute Gasteiger partial charge is 0.248 e. The van der Waals surface area contributed by atoms with Crippen LogP contribution in [0.3, 0.4) is 0 Å². The van der Waals surface area contributed by atoms with Gasteiger partial charge in [-0.15, -0.1) is 11.8 Å². The topological polar surface area (TPSA) is 72.2 Å². The van der Waals surface area contributed by atoms with E-state index in [1.807, 2.05) is 0 Å². The second kappa shape index (κ2) is 8.75. The zero-order valence-electron chi connectivity index (χ0n) is 12.7. The van der Waals surface area contributed by atoms with Gasteiger partial charge in [0.1, 0.15) is 5.82 Å². The summed E-state index contributed by atoms with van der Waals surface area (Å²) in [4.78, 5) is 23.5. The summed E-state index contributed by atoms with van der Waals surface area (Å²) in [6.45, 7) is 0.223. The highest BCUT2D eigenvalue weighted by molar-refractivity contribution is 8.00. The van der Waals surface area contributed by atoms with E-state index in [0.29, 0.717) is 5.56 Å². The number of nitrogens with one attached hydrogen (secondary N) is 1. The van der Waals surface area contributed by atoms with E-state index in [0.717, 1.165) is 10.5 Å². The molecule has 0 heterocycles. The number of nitrogens with two attached hydrogens (primary N) is 1. The van der Waals surface area contributed by atoms with Crippen molar-refractivity contribution in [2.75, 3.05) is 12.3 Å². The first-order valence-corrected chi connectivity index (χ1v) is 8.07. The molecule has 24 heavy (non-hydrogen) atoms. The van der Waals surface area contributed by atoms with E-state index in [1.54, 1.807) is 36.4 Å². The van der Waals surface area contributed by atoms with Crippen molar-refractivity contribution < 1.29 is 14.0 Å². The molecule has 2 aromatic rings. The van der Waals surface area contributed by atoms with Gasteiger partial charge in [0.25, 0.3) is 0 Å². The molecule has 0 bridgehead atoms. The van der Waals surface area contributed by atoms with Crippen molar-refractivity contribution in [1.29, 1.82) is 0 Å². The van der Waals surface area contributed by atoms with Crippen molar-refractivity contribution in [3.05, 3.63) is 65.5 Å². The number of rotatable bonds is 5. The highest BCUT2D eigenvalue weighted by atomic mass is 32.2. The van der Waals surface area contributed by atoms with Crippen LogP contribution in [0.1, 0.15) is 15.9 Å². The van der Waals surface area contributed by atoms with Gasteiger partial charge >= 0.3 is 0 Å². The van der Waals surface area contributed by atoms with Crippen molar-refractivity contribution >= 4 is 23.6 Å². The number of thioether (sulfide) groups is 1. The van der Waals surface area contributed by atoms with Crippen LogP contribution in [0, 0.1) is 17.7 Å². The van der Waals surface area contributed by atoms with Gasteiger partial charge in [-0.05, 0) is 48.5 Å². The third kappa shape index (κ3) is 5.78. The Morgan fingerprint density at radius 3 is 2.38 bits per heavy atom. The molecular formula is C18H15FN2O2S. The van der Waals surface area contributed by atoms with Crippen LogP contribution in [-0.2, 0) is 4.79 Å². The molecule has 0 saturated carbocycles.